The minimum absolute atomic E-state index is 0.108. The van der Waals surface area contributed by atoms with Gasteiger partial charge >= 0.3 is 0 Å². The highest BCUT2D eigenvalue weighted by atomic mass is 16.3. The third-order valence-corrected chi connectivity index (χ3v) is 7.17. The lowest BCUT2D eigenvalue weighted by Gasteiger charge is -2.47. The van der Waals surface area contributed by atoms with Gasteiger partial charge in [0.05, 0.1) is 6.21 Å². The molecule has 35 heavy (non-hydrogen) atoms. The number of hydrazone groups is 1. The molecule has 0 saturated heterocycles. The average molecular weight is 470 g/mol. The molecule has 3 aromatic carbocycles. The predicted molar refractivity (Wildman–Crippen MR) is 143 cm³/mol. The maximum Gasteiger partial charge on any atom is 0.281 e. The van der Waals surface area contributed by atoms with Crippen LogP contribution in [-0.2, 0) is 10.4 Å². The number of nitrogens with zero attached hydrogens (tertiary/aromatic N) is 2. The highest BCUT2D eigenvalue weighted by molar-refractivity contribution is 5.91. The number of carbonyl (C=O) groups is 1. The predicted octanol–water partition coefficient (Wildman–Crippen LogP) is 5.49. The van der Waals surface area contributed by atoms with E-state index in [1.54, 1.807) is 54.7 Å². The Labute approximate surface area is 208 Å². The first kappa shape index (κ1) is 24.7. The van der Waals surface area contributed by atoms with Gasteiger partial charge in [-0.05, 0) is 80.0 Å². The van der Waals surface area contributed by atoms with Crippen molar-refractivity contribution in [2.24, 2.45) is 5.10 Å². The van der Waals surface area contributed by atoms with Gasteiger partial charge in [0.15, 0.2) is 5.60 Å². The molecule has 0 fully saturated rings. The van der Waals surface area contributed by atoms with Crippen molar-refractivity contribution >= 4 is 17.8 Å². The number of nitrogens with one attached hydrogen (secondary N) is 1. The molecule has 1 heterocycles. The second kappa shape index (κ2) is 9.67. The van der Waals surface area contributed by atoms with Crippen LogP contribution >= 0.6 is 0 Å². The Kier molecular flexibility index (Phi) is 6.82. The Bertz CT molecular complexity index is 1180. The Morgan fingerprint density at radius 3 is 2.23 bits per heavy atom. The van der Waals surface area contributed by atoms with Crippen LogP contribution in [0.15, 0.2) is 77.9 Å². The molecule has 5 heteroatoms. The van der Waals surface area contributed by atoms with Crippen molar-refractivity contribution in [1.82, 2.24) is 5.43 Å². The topological polar surface area (TPSA) is 64.9 Å². The maximum absolute atomic E-state index is 13.3. The molecule has 4 rings (SSSR count). The number of hydrogen-bond donors (Lipinski definition) is 2. The molecule has 0 spiro atoms. The highest BCUT2D eigenvalue weighted by Crippen LogP contribution is 2.44. The second-order valence-electron chi connectivity index (χ2n) is 10.1. The van der Waals surface area contributed by atoms with Gasteiger partial charge < -0.3 is 10.0 Å². The van der Waals surface area contributed by atoms with Gasteiger partial charge in [0, 0.05) is 17.8 Å². The Balaban J connectivity index is 1.62. The number of rotatable bonds is 6. The zero-order valence-electron chi connectivity index (χ0n) is 21.2. The van der Waals surface area contributed by atoms with E-state index in [1.165, 1.54) is 11.3 Å². The number of amides is 1. The van der Waals surface area contributed by atoms with Crippen LogP contribution in [0, 0.1) is 6.92 Å². The number of hydrogen-bond acceptors (Lipinski definition) is 4. The molecule has 2 N–H and O–H groups in total. The van der Waals surface area contributed by atoms with Gasteiger partial charge in [-0.1, -0.05) is 67.6 Å². The molecular weight excluding hydrogens is 434 g/mol. The van der Waals surface area contributed by atoms with Crippen LogP contribution in [-0.4, -0.2) is 29.3 Å². The molecule has 3 aromatic rings. The van der Waals surface area contributed by atoms with Crippen LogP contribution in [0.5, 0.6) is 0 Å². The summed E-state index contributed by atoms with van der Waals surface area (Å²) in [6.45, 7) is 12.1. The van der Waals surface area contributed by atoms with Gasteiger partial charge in [0.25, 0.3) is 5.91 Å². The monoisotopic (exact) mass is 469 g/mol. The van der Waals surface area contributed by atoms with E-state index in [9.17, 15) is 9.90 Å². The minimum Gasteiger partial charge on any atom is -0.372 e. The summed E-state index contributed by atoms with van der Waals surface area (Å²) in [5.41, 5.74) is 6.43. The molecule has 0 aromatic heterocycles. The molecular formula is C30H35N3O2. The maximum atomic E-state index is 13.3. The molecule has 0 aliphatic carbocycles. The first-order valence-electron chi connectivity index (χ1n) is 12.3. The first-order chi connectivity index (χ1) is 16.7. The van der Waals surface area contributed by atoms with Crippen molar-refractivity contribution in [1.29, 1.82) is 0 Å². The van der Waals surface area contributed by atoms with Crippen molar-refractivity contribution in [3.63, 3.8) is 0 Å². The standard InChI is InChI=1S/C30H35N3O2/c1-6-33-27-17-21(2)23(18-26(27)22(3)19-29(33,4)5)20-31-32-28(34)30(35,24-13-9-7-10-14-24)25-15-11-8-12-16-25/h7-18,20,22,35H,6,19H2,1-5H3,(H,32,34)/b31-20-. The fraction of sp³-hybridized carbons (Fsp3) is 0.333. The summed E-state index contributed by atoms with van der Waals surface area (Å²) in [4.78, 5) is 15.8. The number of carbonyl (C=O) groups excluding carboxylic acids is 1. The molecule has 0 saturated carbocycles. The summed E-state index contributed by atoms with van der Waals surface area (Å²) >= 11 is 0. The van der Waals surface area contributed by atoms with E-state index in [4.69, 9.17) is 0 Å². The summed E-state index contributed by atoms with van der Waals surface area (Å²) in [5, 5.41) is 15.8. The zero-order valence-corrected chi connectivity index (χ0v) is 21.2. The molecule has 1 aliphatic rings. The van der Waals surface area contributed by atoms with Crippen LogP contribution in [0.2, 0.25) is 0 Å². The summed E-state index contributed by atoms with van der Waals surface area (Å²) in [6, 6.07) is 22.3. The van der Waals surface area contributed by atoms with E-state index in [2.05, 4.69) is 62.2 Å². The number of benzene rings is 3. The lowest BCUT2D eigenvalue weighted by atomic mass is 9.79. The van der Waals surface area contributed by atoms with Gasteiger partial charge in [0.1, 0.15) is 0 Å². The van der Waals surface area contributed by atoms with E-state index in [-0.39, 0.29) is 5.54 Å². The average Bonchev–Trinajstić information content (AvgIpc) is 2.85. The van der Waals surface area contributed by atoms with Gasteiger partial charge in [-0.25, -0.2) is 5.43 Å². The van der Waals surface area contributed by atoms with Gasteiger partial charge in [-0.2, -0.15) is 5.10 Å². The van der Waals surface area contributed by atoms with Crippen molar-refractivity contribution in [3.05, 3.63) is 101 Å². The molecule has 182 valence electrons. The third-order valence-electron chi connectivity index (χ3n) is 7.17. The van der Waals surface area contributed by atoms with Gasteiger partial charge in [-0.15, -0.1) is 0 Å². The summed E-state index contributed by atoms with van der Waals surface area (Å²) in [7, 11) is 0. The van der Waals surface area contributed by atoms with Crippen molar-refractivity contribution in [3.8, 4) is 0 Å². The fourth-order valence-electron chi connectivity index (χ4n) is 5.42. The van der Waals surface area contributed by atoms with E-state index in [0.29, 0.717) is 17.0 Å². The smallest absolute Gasteiger partial charge is 0.281 e. The first-order valence-corrected chi connectivity index (χ1v) is 12.3. The lowest BCUT2D eigenvalue weighted by Crippen LogP contribution is -2.48. The minimum atomic E-state index is -1.85. The normalized spacial score (nSPS) is 17.3. The molecule has 1 aliphatic heterocycles. The summed E-state index contributed by atoms with van der Waals surface area (Å²) in [5.74, 6) is -0.180. The quantitative estimate of drug-likeness (QED) is 0.370. The molecule has 1 atom stereocenters. The Morgan fingerprint density at radius 1 is 1.11 bits per heavy atom. The number of anilines is 1. The van der Waals surface area contributed by atoms with Gasteiger partial charge in [0.2, 0.25) is 0 Å². The van der Waals surface area contributed by atoms with Crippen molar-refractivity contribution in [2.45, 2.75) is 58.1 Å². The van der Waals surface area contributed by atoms with E-state index in [0.717, 1.165) is 24.1 Å². The Morgan fingerprint density at radius 2 is 1.69 bits per heavy atom. The van der Waals surface area contributed by atoms with Crippen LogP contribution in [0.4, 0.5) is 5.69 Å². The van der Waals surface area contributed by atoms with E-state index in [1.807, 2.05) is 12.1 Å². The highest BCUT2D eigenvalue weighted by Gasteiger charge is 2.40. The lowest BCUT2D eigenvalue weighted by molar-refractivity contribution is -0.136. The summed E-state index contributed by atoms with van der Waals surface area (Å²) < 4.78 is 0. The number of aryl methyl sites for hydroxylation is 1. The molecule has 1 amide bonds. The van der Waals surface area contributed by atoms with Crippen molar-refractivity contribution in [2.75, 3.05) is 11.4 Å². The fourth-order valence-corrected chi connectivity index (χ4v) is 5.42. The van der Waals surface area contributed by atoms with Crippen LogP contribution in [0.3, 0.4) is 0 Å². The molecule has 1 unspecified atom stereocenters. The van der Waals surface area contributed by atoms with Crippen molar-refractivity contribution < 1.29 is 9.90 Å². The van der Waals surface area contributed by atoms with E-state index >= 15 is 0 Å². The molecule has 0 radical (unpaired) electrons. The van der Waals surface area contributed by atoms with Crippen LogP contribution in [0.25, 0.3) is 0 Å². The summed E-state index contributed by atoms with van der Waals surface area (Å²) in [6.07, 6.45) is 2.75. The zero-order chi connectivity index (χ0) is 25.2. The Hall–Kier alpha value is -3.44. The SMILES string of the molecule is CCN1c2cc(C)c(/C=N\NC(=O)C(O)(c3ccccc3)c3ccccc3)cc2C(C)CC1(C)C. The molecule has 0 bridgehead atoms. The van der Waals surface area contributed by atoms with E-state index < -0.39 is 11.5 Å². The molecule has 5 nitrogen and oxygen atoms in total. The largest absolute Gasteiger partial charge is 0.372 e. The second-order valence-corrected chi connectivity index (χ2v) is 10.1. The number of aliphatic hydroxyl groups is 1. The van der Waals surface area contributed by atoms with Crippen LogP contribution in [0.1, 0.15) is 67.9 Å². The van der Waals surface area contributed by atoms with Crippen LogP contribution < -0.4 is 10.3 Å². The van der Waals surface area contributed by atoms with Gasteiger partial charge in [-0.3, -0.25) is 4.79 Å². The number of fused-ring (bicyclic) bond motifs is 1. The third kappa shape index (κ3) is 4.61.